The zero-order valence-electron chi connectivity index (χ0n) is 11.5. The maximum Gasteiger partial charge on any atom is 0.270 e. The van der Waals surface area contributed by atoms with E-state index in [1.54, 1.807) is 6.07 Å². The number of hydrogen-bond donors (Lipinski definition) is 2. The first kappa shape index (κ1) is 16.4. The Morgan fingerprint density at radius 1 is 1.50 bits per heavy atom. The maximum atomic E-state index is 11.6. The van der Waals surface area contributed by atoms with Gasteiger partial charge in [0.1, 0.15) is 0 Å². The summed E-state index contributed by atoms with van der Waals surface area (Å²) in [5, 5.41) is 16.6. The van der Waals surface area contributed by atoms with Crippen molar-refractivity contribution >= 4 is 33.2 Å². The number of halogens is 1. The van der Waals surface area contributed by atoms with Crippen molar-refractivity contribution in [3.8, 4) is 0 Å². The Kier molecular flexibility index (Phi) is 6.44. The molecule has 0 saturated heterocycles. The maximum absolute atomic E-state index is 11.6. The number of nitrogens with one attached hydrogen (secondary N) is 2. The number of nitro groups is 1. The average Bonchev–Trinajstić information content (AvgIpc) is 2.40. The van der Waals surface area contributed by atoms with Crippen LogP contribution in [0.4, 0.5) is 11.4 Å². The number of hydrogen-bond acceptors (Lipinski definition) is 4. The van der Waals surface area contributed by atoms with Crippen molar-refractivity contribution in [2.24, 2.45) is 0 Å². The smallest absolute Gasteiger partial charge is 0.270 e. The third kappa shape index (κ3) is 5.16. The Labute approximate surface area is 126 Å². The van der Waals surface area contributed by atoms with Crippen LogP contribution >= 0.6 is 15.9 Å². The predicted molar refractivity (Wildman–Crippen MR) is 81.8 cm³/mol. The summed E-state index contributed by atoms with van der Waals surface area (Å²) in [6.07, 6.45) is 1.25. The number of amides is 1. The van der Waals surface area contributed by atoms with Crippen LogP contribution in [0.3, 0.4) is 0 Å². The Morgan fingerprint density at radius 2 is 2.20 bits per heavy atom. The minimum atomic E-state index is -0.450. The lowest BCUT2D eigenvalue weighted by Gasteiger charge is -2.12. The molecule has 0 heterocycles. The lowest BCUT2D eigenvalue weighted by Crippen LogP contribution is -2.32. The molecule has 1 unspecified atom stereocenters. The summed E-state index contributed by atoms with van der Waals surface area (Å²) in [6.45, 7) is 4.44. The molecule has 110 valence electrons. The fourth-order valence-electron chi connectivity index (χ4n) is 1.52. The first-order valence-electron chi connectivity index (χ1n) is 6.41. The summed E-state index contributed by atoms with van der Waals surface area (Å²) in [6, 6.07) is 4.65. The van der Waals surface area contributed by atoms with E-state index in [1.165, 1.54) is 12.1 Å². The van der Waals surface area contributed by atoms with E-state index < -0.39 is 4.92 Å². The topological polar surface area (TPSA) is 84.3 Å². The Balaban J connectivity index is 2.46. The van der Waals surface area contributed by atoms with Crippen LogP contribution < -0.4 is 10.6 Å². The van der Waals surface area contributed by atoms with Crippen molar-refractivity contribution in [3.05, 3.63) is 32.8 Å². The zero-order chi connectivity index (χ0) is 15.1. The fourth-order valence-corrected chi connectivity index (χ4v) is 2.03. The standard InChI is InChI=1S/C13H18BrN3O3/c1-3-9(2)16-13(18)6-7-15-12-5-4-10(17(19)20)8-11(12)14/h4-5,8-9,15H,3,6-7H2,1-2H3,(H,16,18). The van der Waals surface area contributed by atoms with Crippen LogP contribution in [0.1, 0.15) is 26.7 Å². The second kappa shape index (κ2) is 7.84. The number of non-ortho nitro benzene ring substituents is 1. The van der Waals surface area contributed by atoms with E-state index in [9.17, 15) is 14.9 Å². The van der Waals surface area contributed by atoms with Gasteiger partial charge in [0.2, 0.25) is 5.91 Å². The van der Waals surface area contributed by atoms with E-state index in [0.29, 0.717) is 17.4 Å². The Morgan fingerprint density at radius 3 is 2.75 bits per heavy atom. The molecule has 0 spiro atoms. The van der Waals surface area contributed by atoms with Crippen molar-refractivity contribution in [2.45, 2.75) is 32.7 Å². The van der Waals surface area contributed by atoms with Crippen LogP contribution in [0.5, 0.6) is 0 Å². The third-order valence-electron chi connectivity index (χ3n) is 2.85. The molecule has 0 aliphatic carbocycles. The lowest BCUT2D eigenvalue weighted by molar-refractivity contribution is -0.384. The van der Waals surface area contributed by atoms with E-state index in [0.717, 1.165) is 12.1 Å². The molecular formula is C13H18BrN3O3. The van der Waals surface area contributed by atoms with Crippen molar-refractivity contribution in [1.82, 2.24) is 5.32 Å². The van der Waals surface area contributed by atoms with Gasteiger partial charge in [-0.2, -0.15) is 0 Å². The minimum Gasteiger partial charge on any atom is -0.384 e. The number of rotatable bonds is 7. The van der Waals surface area contributed by atoms with Crippen LogP contribution in [0, 0.1) is 10.1 Å². The number of anilines is 1. The van der Waals surface area contributed by atoms with Gasteiger partial charge in [-0.3, -0.25) is 14.9 Å². The highest BCUT2D eigenvalue weighted by Crippen LogP contribution is 2.26. The summed E-state index contributed by atoms with van der Waals surface area (Å²) < 4.78 is 0.606. The van der Waals surface area contributed by atoms with Crippen molar-refractivity contribution in [1.29, 1.82) is 0 Å². The molecule has 2 N–H and O–H groups in total. The second-order valence-corrected chi connectivity index (χ2v) is 5.33. The molecule has 0 aliphatic rings. The van der Waals surface area contributed by atoms with Gasteiger partial charge >= 0.3 is 0 Å². The highest BCUT2D eigenvalue weighted by Gasteiger charge is 2.09. The molecule has 1 atom stereocenters. The summed E-state index contributed by atoms with van der Waals surface area (Å²) in [4.78, 5) is 21.7. The number of benzene rings is 1. The molecule has 0 saturated carbocycles. The highest BCUT2D eigenvalue weighted by atomic mass is 79.9. The van der Waals surface area contributed by atoms with Gasteiger partial charge in [0, 0.05) is 41.3 Å². The summed E-state index contributed by atoms with van der Waals surface area (Å²) in [5.41, 5.74) is 0.754. The minimum absolute atomic E-state index is 0.00937. The highest BCUT2D eigenvalue weighted by molar-refractivity contribution is 9.10. The van der Waals surface area contributed by atoms with Gasteiger partial charge in [-0.25, -0.2) is 0 Å². The summed E-state index contributed by atoms with van der Waals surface area (Å²) >= 11 is 3.27. The van der Waals surface area contributed by atoms with Gasteiger partial charge in [-0.1, -0.05) is 6.92 Å². The van der Waals surface area contributed by atoms with E-state index >= 15 is 0 Å². The van der Waals surface area contributed by atoms with Crippen molar-refractivity contribution in [3.63, 3.8) is 0 Å². The number of nitrogens with zero attached hydrogens (tertiary/aromatic N) is 1. The first-order chi connectivity index (χ1) is 9.43. The Bertz CT molecular complexity index is 494. The normalized spacial score (nSPS) is 11.8. The van der Waals surface area contributed by atoms with Crippen LogP contribution in [-0.2, 0) is 4.79 Å². The summed E-state index contributed by atoms with van der Waals surface area (Å²) in [5.74, 6) is -0.00937. The molecule has 0 aromatic heterocycles. The summed E-state index contributed by atoms with van der Waals surface area (Å²) in [7, 11) is 0. The van der Waals surface area contributed by atoms with Gasteiger partial charge in [0.25, 0.3) is 5.69 Å². The van der Waals surface area contributed by atoms with Crippen molar-refractivity contribution in [2.75, 3.05) is 11.9 Å². The fraction of sp³-hybridized carbons (Fsp3) is 0.462. The van der Waals surface area contributed by atoms with Crippen LogP contribution in [0.15, 0.2) is 22.7 Å². The first-order valence-corrected chi connectivity index (χ1v) is 7.20. The molecule has 1 aromatic carbocycles. The van der Waals surface area contributed by atoms with Gasteiger partial charge < -0.3 is 10.6 Å². The molecule has 6 nitrogen and oxygen atoms in total. The van der Waals surface area contributed by atoms with Gasteiger partial charge in [0.05, 0.1) is 4.92 Å². The van der Waals surface area contributed by atoms with Gasteiger partial charge in [0.15, 0.2) is 0 Å². The number of carbonyl (C=O) groups is 1. The largest absolute Gasteiger partial charge is 0.384 e. The molecule has 1 amide bonds. The molecule has 0 aliphatic heterocycles. The third-order valence-corrected chi connectivity index (χ3v) is 3.51. The van der Waals surface area contributed by atoms with Crippen LogP contribution in [0.25, 0.3) is 0 Å². The lowest BCUT2D eigenvalue weighted by atomic mass is 10.2. The molecule has 1 rings (SSSR count). The number of carbonyl (C=O) groups excluding carboxylic acids is 1. The molecule has 1 aromatic rings. The van der Waals surface area contributed by atoms with E-state index in [2.05, 4.69) is 26.6 Å². The molecule has 20 heavy (non-hydrogen) atoms. The van der Waals surface area contributed by atoms with Crippen LogP contribution in [0.2, 0.25) is 0 Å². The molecule has 0 bridgehead atoms. The molecular weight excluding hydrogens is 326 g/mol. The number of nitro benzene ring substituents is 1. The Hall–Kier alpha value is -1.63. The predicted octanol–water partition coefficient (Wildman–Crippen LogP) is 3.07. The van der Waals surface area contributed by atoms with E-state index in [-0.39, 0.29) is 17.6 Å². The monoisotopic (exact) mass is 343 g/mol. The van der Waals surface area contributed by atoms with E-state index in [4.69, 9.17) is 0 Å². The van der Waals surface area contributed by atoms with Gasteiger partial charge in [-0.15, -0.1) is 0 Å². The average molecular weight is 344 g/mol. The SMILES string of the molecule is CCC(C)NC(=O)CCNc1ccc([N+](=O)[O-])cc1Br. The second-order valence-electron chi connectivity index (χ2n) is 4.47. The van der Waals surface area contributed by atoms with E-state index in [1.807, 2.05) is 13.8 Å². The van der Waals surface area contributed by atoms with Crippen molar-refractivity contribution < 1.29 is 9.72 Å². The molecule has 0 fully saturated rings. The van der Waals surface area contributed by atoms with Gasteiger partial charge in [-0.05, 0) is 35.3 Å². The zero-order valence-corrected chi connectivity index (χ0v) is 13.1. The van der Waals surface area contributed by atoms with Crippen LogP contribution in [-0.4, -0.2) is 23.4 Å². The molecule has 7 heteroatoms. The quantitative estimate of drug-likeness (QED) is 0.588. The molecule has 0 radical (unpaired) electrons.